The van der Waals surface area contributed by atoms with Crippen LogP contribution in [0.15, 0.2) is 30.3 Å². The summed E-state index contributed by atoms with van der Waals surface area (Å²) in [4.78, 5) is 0. The lowest BCUT2D eigenvalue weighted by Crippen LogP contribution is -2.09. The maximum absolute atomic E-state index is 5.85. The monoisotopic (exact) mass is 346 g/mol. The molecule has 0 aliphatic carbocycles. The van der Waals surface area contributed by atoms with Gasteiger partial charge in [0, 0.05) is 0 Å². The first-order valence-corrected chi connectivity index (χ1v) is 10.9. The maximum Gasteiger partial charge on any atom is 0.119 e. The molecule has 144 valence electrons. The SMILES string of the molecule is CCCCCCCCCCC(C)CCCC(C)COc1ccccc1. The van der Waals surface area contributed by atoms with Crippen molar-refractivity contribution >= 4 is 0 Å². The number of hydrogen-bond donors (Lipinski definition) is 0. The van der Waals surface area contributed by atoms with E-state index in [4.69, 9.17) is 4.74 Å². The van der Waals surface area contributed by atoms with Gasteiger partial charge in [-0.1, -0.05) is 110 Å². The maximum atomic E-state index is 5.85. The lowest BCUT2D eigenvalue weighted by molar-refractivity contribution is 0.246. The predicted octanol–water partition coefficient (Wildman–Crippen LogP) is 8.04. The molecular formula is C24H42O. The zero-order valence-corrected chi connectivity index (χ0v) is 17.1. The summed E-state index contributed by atoms with van der Waals surface area (Å²) in [6, 6.07) is 10.2. The quantitative estimate of drug-likeness (QED) is 0.275. The second-order valence-corrected chi connectivity index (χ2v) is 8.03. The Kier molecular flexibility index (Phi) is 13.5. The van der Waals surface area contributed by atoms with Gasteiger partial charge < -0.3 is 4.74 Å². The molecule has 0 aliphatic rings. The molecule has 25 heavy (non-hydrogen) atoms. The van der Waals surface area contributed by atoms with Gasteiger partial charge in [-0.25, -0.2) is 0 Å². The van der Waals surface area contributed by atoms with E-state index in [2.05, 4.69) is 20.8 Å². The summed E-state index contributed by atoms with van der Waals surface area (Å²) >= 11 is 0. The first-order chi connectivity index (χ1) is 12.2. The molecule has 0 bridgehead atoms. The van der Waals surface area contributed by atoms with Gasteiger partial charge >= 0.3 is 0 Å². The van der Waals surface area contributed by atoms with Crippen LogP contribution in [0, 0.1) is 11.8 Å². The van der Waals surface area contributed by atoms with E-state index < -0.39 is 0 Å². The number of benzene rings is 1. The highest BCUT2D eigenvalue weighted by Crippen LogP contribution is 2.20. The predicted molar refractivity (Wildman–Crippen MR) is 111 cm³/mol. The third kappa shape index (κ3) is 13.0. The Balaban J connectivity index is 1.91. The van der Waals surface area contributed by atoms with Crippen molar-refractivity contribution in [2.45, 2.75) is 97.8 Å². The lowest BCUT2D eigenvalue weighted by atomic mass is 9.94. The molecule has 0 fully saturated rings. The van der Waals surface area contributed by atoms with Crippen LogP contribution in [0.2, 0.25) is 0 Å². The van der Waals surface area contributed by atoms with Gasteiger partial charge in [0.1, 0.15) is 5.75 Å². The van der Waals surface area contributed by atoms with Crippen LogP contribution in [-0.4, -0.2) is 6.61 Å². The molecule has 1 aromatic rings. The highest BCUT2D eigenvalue weighted by atomic mass is 16.5. The molecule has 0 amide bonds. The van der Waals surface area contributed by atoms with E-state index in [0.29, 0.717) is 5.92 Å². The molecule has 1 rings (SSSR count). The fourth-order valence-electron chi connectivity index (χ4n) is 3.42. The summed E-state index contributed by atoms with van der Waals surface area (Å²) in [5, 5.41) is 0. The summed E-state index contributed by atoms with van der Waals surface area (Å²) in [5.41, 5.74) is 0. The second kappa shape index (κ2) is 15.3. The molecule has 2 unspecified atom stereocenters. The molecule has 0 aromatic heterocycles. The van der Waals surface area contributed by atoms with E-state index in [1.165, 1.54) is 77.0 Å². The standard InChI is InChI=1S/C24H42O/c1-4-5-6-7-8-9-10-12-16-22(2)17-15-18-23(3)21-25-24-19-13-11-14-20-24/h11,13-14,19-20,22-23H,4-10,12,15-18,21H2,1-3H3. The largest absolute Gasteiger partial charge is 0.493 e. The number of unbranched alkanes of at least 4 members (excludes halogenated alkanes) is 7. The molecule has 1 heteroatoms. The van der Waals surface area contributed by atoms with Gasteiger partial charge in [0.15, 0.2) is 0 Å². The van der Waals surface area contributed by atoms with Crippen molar-refractivity contribution in [3.8, 4) is 5.75 Å². The van der Waals surface area contributed by atoms with Gasteiger partial charge in [0.25, 0.3) is 0 Å². The number of rotatable bonds is 16. The molecular weight excluding hydrogens is 304 g/mol. The molecule has 0 saturated heterocycles. The van der Waals surface area contributed by atoms with Crippen LogP contribution in [0.1, 0.15) is 97.8 Å². The Morgan fingerprint density at radius 3 is 1.92 bits per heavy atom. The van der Waals surface area contributed by atoms with E-state index in [0.717, 1.165) is 18.3 Å². The lowest BCUT2D eigenvalue weighted by Gasteiger charge is -2.15. The molecule has 1 aromatic carbocycles. The summed E-state index contributed by atoms with van der Waals surface area (Å²) in [5.74, 6) is 2.54. The average molecular weight is 347 g/mol. The highest BCUT2D eigenvalue weighted by molar-refractivity contribution is 5.20. The molecule has 0 N–H and O–H groups in total. The van der Waals surface area contributed by atoms with Gasteiger partial charge in [-0.15, -0.1) is 0 Å². The third-order valence-electron chi connectivity index (χ3n) is 5.22. The fraction of sp³-hybridized carbons (Fsp3) is 0.750. The minimum absolute atomic E-state index is 0.649. The summed E-state index contributed by atoms with van der Waals surface area (Å²) < 4.78 is 5.85. The molecule has 0 saturated carbocycles. The summed E-state index contributed by atoms with van der Waals surface area (Å²) in [7, 11) is 0. The minimum atomic E-state index is 0.649. The smallest absolute Gasteiger partial charge is 0.119 e. The normalized spacial score (nSPS) is 13.6. The zero-order chi connectivity index (χ0) is 18.2. The van der Waals surface area contributed by atoms with E-state index in [1.807, 2.05) is 30.3 Å². The fourth-order valence-corrected chi connectivity index (χ4v) is 3.42. The van der Waals surface area contributed by atoms with Crippen molar-refractivity contribution < 1.29 is 4.74 Å². The van der Waals surface area contributed by atoms with E-state index >= 15 is 0 Å². The van der Waals surface area contributed by atoms with Crippen LogP contribution in [0.3, 0.4) is 0 Å². The molecule has 2 atom stereocenters. The van der Waals surface area contributed by atoms with Crippen LogP contribution in [0.5, 0.6) is 5.75 Å². The molecule has 0 heterocycles. The molecule has 1 nitrogen and oxygen atoms in total. The first kappa shape index (κ1) is 22.1. The Bertz CT molecular complexity index is 386. The van der Waals surface area contributed by atoms with E-state index in [9.17, 15) is 0 Å². The van der Waals surface area contributed by atoms with Crippen LogP contribution in [-0.2, 0) is 0 Å². The van der Waals surface area contributed by atoms with Crippen molar-refractivity contribution in [2.75, 3.05) is 6.61 Å². The third-order valence-corrected chi connectivity index (χ3v) is 5.22. The van der Waals surface area contributed by atoms with Crippen molar-refractivity contribution in [1.82, 2.24) is 0 Å². The van der Waals surface area contributed by atoms with Crippen molar-refractivity contribution in [1.29, 1.82) is 0 Å². The summed E-state index contributed by atoms with van der Waals surface area (Å²) in [6.45, 7) is 7.88. The van der Waals surface area contributed by atoms with Crippen molar-refractivity contribution in [3.05, 3.63) is 30.3 Å². The van der Waals surface area contributed by atoms with Crippen LogP contribution in [0.4, 0.5) is 0 Å². The Hall–Kier alpha value is -0.980. The second-order valence-electron chi connectivity index (χ2n) is 8.03. The molecule has 0 spiro atoms. The van der Waals surface area contributed by atoms with Gasteiger partial charge in [-0.05, 0) is 30.4 Å². The minimum Gasteiger partial charge on any atom is -0.493 e. The van der Waals surface area contributed by atoms with Crippen LogP contribution in [0.25, 0.3) is 0 Å². The zero-order valence-electron chi connectivity index (χ0n) is 17.1. The Morgan fingerprint density at radius 2 is 1.24 bits per heavy atom. The van der Waals surface area contributed by atoms with Gasteiger partial charge in [-0.2, -0.15) is 0 Å². The first-order valence-electron chi connectivity index (χ1n) is 10.9. The van der Waals surface area contributed by atoms with Crippen LogP contribution >= 0.6 is 0 Å². The van der Waals surface area contributed by atoms with E-state index in [1.54, 1.807) is 0 Å². The Morgan fingerprint density at radius 1 is 0.680 bits per heavy atom. The number of para-hydroxylation sites is 1. The molecule has 0 radical (unpaired) electrons. The van der Waals surface area contributed by atoms with Crippen molar-refractivity contribution in [2.24, 2.45) is 11.8 Å². The van der Waals surface area contributed by atoms with Gasteiger partial charge in [-0.3, -0.25) is 0 Å². The van der Waals surface area contributed by atoms with Gasteiger partial charge in [0.2, 0.25) is 0 Å². The molecule has 0 aliphatic heterocycles. The van der Waals surface area contributed by atoms with E-state index in [-0.39, 0.29) is 0 Å². The van der Waals surface area contributed by atoms with Crippen LogP contribution < -0.4 is 4.74 Å². The topological polar surface area (TPSA) is 9.23 Å². The highest BCUT2D eigenvalue weighted by Gasteiger charge is 2.06. The number of ether oxygens (including phenoxy) is 1. The van der Waals surface area contributed by atoms with Gasteiger partial charge in [0.05, 0.1) is 6.61 Å². The average Bonchev–Trinajstić information content (AvgIpc) is 2.63. The summed E-state index contributed by atoms with van der Waals surface area (Å²) in [6.07, 6.45) is 16.9. The Labute approximate surface area is 157 Å². The number of hydrogen-bond acceptors (Lipinski definition) is 1. The van der Waals surface area contributed by atoms with Crippen molar-refractivity contribution in [3.63, 3.8) is 0 Å².